The third-order valence-electron chi connectivity index (χ3n) is 7.90. The van der Waals surface area contributed by atoms with Crippen LogP contribution < -0.4 is 4.74 Å². The molecule has 0 fully saturated rings. The number of furan rings is 1. The lowest BCUT2D eigenvalue weighted by atomic mass is 9.95. The Kier molecular flexibility index (Phi) is 4.83. The fraction of sp³-hybridized carbons (Fsp3) is 0. The zero-order valence-electron chi connectivity index (χ0n) is 22.3. The molecule has 0 atom stereocenters. The van der Waals surface area contributed by atoms with Crippen LogP contribution in [0.3, 0.4) is 0 Å². The maximum atomic E-state index is 6.50. The van der Waals surface area contributed by atoms with Crippen molar-refractivity contribution in [3.63, 3.8) is 0 Å². The average molecular weight is 540 g/mol. The Hall–Kier alpha value is -5.81. The van der Waals surface area contributed by atoms with Crippen molar-refractivity contribution in [2.45, 2.75) is 0 Å². The summed E-state index contributed by atoms with van der Waals surface area (Å²) >= 11 is 0. The molecule has 6 aromatic carbocycles. The molecular weight excluding hydrogens is 518 g/mol. The van der Waals surface area contributed by atoms with E-state index in [0.717, 1.165) is 72.0 Å². The molecule has 3 heterocycles. The van der Waals surface area contributed by atoms with Crippen molar-refractivity contribution in [1.29, 1.82) is 0 Å². The van der Waals surface area contributed by atoms with Crippen LogP contribution in [0.4, 0.5) is 0 Å². The Morgan fingerprint density at radius 3 is 1.81 bits per heavy atom. The third-order valence-corrected chi connectivity index (χ3v) is 7.90. The summed E-state index contributed by atoms with van der Waals surface area (Å²) in [5, 5.41) is 4.35. The number of nitrogens with zero attached hydrogens (tertiary/aromatic N) is 3. The quantitative estimate of drug-likeness (QED) is 0.223. The highest BCUT2D eigenvalue weighted by molar-refractivity contribution is 6.24. The van der Waals surface area contributed by atoms with E-state index in [4.69, 9.17) is 24.1 Å². The predicted molar refractivity (Wildman–Crippen MR) is 166 cm³/mol. The largest absolute Gasteiger partial charge is 0.456 e. The van der Waals surface area contributed by atoms with Crippen LogP contribution >= 0.6 is 0 Å². The van der Waals surface area contributed by atoms with Crippen LogP contribution in [0, 0.1) is 0 Å². The third kappa shape index (κ3) is 3.47. The Morgan fingerprint density at radius 1 is 0.405 bits per heavy atom. The molecule has 0 radical (unpaired) electrons. The number of rotatable bonds is 4. The Labute approximate surface area is 240 Å². The molecule has 1 aliphatic heterocycles. The number of hydrogen-bond donors (Lipinski definition) is 0. The molecule has 9 rings (SSSR count). The van der Waals surface area contributed by atoms with Gasteiger partial charge in [-0.1, -0.05) is 103 Å². The van der Waals surface area contributed by atoms with Gasteiger partial charge in [0.1, 0.15) is 22.7 Å². The van der Waals surface area contributed by atoms with Gasteiger partial charge in [-0.25, -0.2) is 15.0 Å². The first-order chi connectivity index (χ1) is 20.8. The smallest absolute Gasteiger partial charge is 0.164 e. The van der Waals surface area contributed by atoms with Crippen LogP contribution in [0.1, 0.15) is 0 Å². The van der Waals surface area contributed by atoms with E-state index in [9.17, 15) is 0 Å². The van der Waals surface area contributed by atoms with Crippen LogP contribution in [0.2, 0.25) is 0 Å². The SMILES string of the molecule is c1ccc(-c2nc(-c3ccccc3)nc(-c3ccccc3-c3cc4c5c(c3)oc3ccc6cccc(c6c35)O4)n2)cc1. The van der Waals surface area contributed by atoms with Crippen molar-refractivity contribution in [2.75, 3.05) is 0 Å². The molecule has 0 bridgehead atoms. The standard InChI is InChI=1S/C37H21N3O2/c1-3-10-23(11-4-1)35-38-36(24-12-5-2-6-13-24)40-37(39-35)27-16-8-7-15-26(27)25-20-30-33-31(21-25)42-29-19-18-22-14-9-17-28(41-30)32(22)34(29)33/h1-21H. The maximum absolute atomic E-state index is 6.50. The van der Waals surface area contributed by atoms with Crippen molar-refractivity contribution in [3.8, 4) is 56.8 Å². The number of aromatic nitrogens is 3. The van der Waals surface area contributed by atoms with Gasteiger partial charge in [0.15, 0.2) is 17.5 Å². The van der Waals surface area contributed by atoms with E-state index in [0.29, 0.717) is 17.5 Å². The first kappa shape index (κ1) is 22.9. The molecule has 1 aliphatic rings. The van der Waals surface area contributed by atoms with E-state index >= 15 is 0 Å². The molecule has 5 heteroatoms. The van der Waals surface area contributed by atoms with Crippen LogP contribution in [-0.4, -0.2) is 15.0 Å². The van der Waals surface area contributed by atoms with Gasteiger partial charge in [-0.15, -0.1) is 0 Å². The van der Waals surface area contributed by atoms with Crippen molar-refractivity contribution in [3.05, 3.63) is 127 Å². The van der Waals surface area contributed by atoms with E-state index < -0.39 is 0 Å². The fourth-order valence-corrected chi connectivity index (χ4v) is 5.99. The van der Waals surface area contributed by atoms with Crippen molar-refractivity contribution < 1.29 is 9.15 Å². The lowest BCUT2D eigenvalue weighted by Gasteiger charge is -2.17. The highest BCUT2D eigenvalue weighted by Gasteiger charge is 2.24. The van der Waals surface area contributed by atoms with Gasteiger partial charge >= 0.3 is 0 Å². The van der Waals surface area contributed by atoms with Crippen LogP contribution in [0.25, 0.3) is 78.0 Å². The molecule has 0 N–H and O–H groups in total. The monoisotopic (exact) mass is 539 g/mol. The van der Waals surface area contributed by atoms with E-state index in [-0.39, 0.29) is 0 Å². The van der Waals surface area contributed by atoms with Gasteiger partial charge < -0.3 is 9.15 Å². The second-order valence-corrected chi connectivity index (χ2v) is 10.4. The summed E-state index contributed by atoms with van der Waals surface area (Å²) < 4.78 is 12.9. The van der Waals surface area contributed by atoms with E-state index in [1.165, 1.54) is 0 Å². The topological polar surface area (TPSA) is 61.0 Å². The van der Waals surface area contributed by atoms with Crippen molar-refractivity contribution in [1.82, 2.24) is 15.0 Å². The van der Waals surface area contributed by atoms with Crippen LogP contribution in [0.5, 0.6) is 11.5 Å². The summed E-state index contributed by atoms with van der Waals surface area (Å²) in [6.45, 7) is 0. The van der Waals surface area contributed by atoms with E-state index in [2.05, 4.69) is 36.4 Å². The molecule has 5 nitrogen and oxygen atoms in total. The van der Waals surface area contributed by atoms with Crippen molar-refractivity contribution >= 4 is 32.7 Å². The highest BCUT2D eigenvalue weighted by atomic mass is 16.5. The van der Waals surface area contributed by atoms with Gasteiger partial charge in [0.05, 0.1) is 5.39 Å². The molecule has 0 spiro atoms. The zero-order valence-corrected chi connectivity index (χ0v) is 22.3. The van der Waals surface area contributed by atoms with Crippen molar-refractivity contribution in [2.24, 2.45) is 0 Å². The lowest BCUT2D eigenvalue weighted by Crippen LogP contribution is -2.01. The molecule has 8 aromatic rings. The summed E-state index contributed by atoms with van der Waals surface area (Å²) in [5.74, 6) is 3.48. The summed E-state index contributed by atoms with van der Waals surface area (Å²) in [5.41, 5.74) is 6.36. The first-order valence-corrected chi connectivity index (χ1v) is 13.9. The summed E-state index contributed by atoms with van der Waals surface area (Å²) in [6, 6.07) is 42.7. The average Bonchev–Trinajstić information content (AvgIpc) is 3.45. The molecule has 0 aliphatic carbocycles. The summed E-state index contributed by atoms with van der Waals surface area (Å²) in [6.07, 6.45) is 0. The highest BCUT2D eigenvalue weighted by Crippen LogP contribution is 2.50. The van der Waals surface area contributed by atoms with Gasteiger partial charge in [0.25, 0.3) is 0 Å². The summed E-state index contributed by atoms with van der Waals surface area (Å²) in [4.78, 5) is 14.8. The van der Waals surface area contributed by atoms with Gasteiger partial charge in [-0.05, 0) is 40.8 Å². The van der Waals surface area contributed by atoms with E-state index in [1.54, 1.807) is 0 Å². The van der Waals surface area contributed by atoms with Crippen LogP contribution in [0.15, 0.2) is 132 Å². The minimum absolute atomic E-state index is 0.602. The normalized spacial score (nSPS) is 12.0. The number of benzene rings is 6. The van der Waals surface area contributed by atoms with Gasteiger partial charge in [0.2, 0.25) is 0 Å². The molecule has 0 saturated carbocycles. The molecule has 0 saturated heterocycles. The van der Waals surface area contributed by atoms with Gasteiger partial charge in [-0.2, -0.15) is 0 Å². The molecule has 42 heavy (non-hydrogen) atoms. The Balaban J connectivity index is 1.27. The fourth-order valence-electron chi connectivity index (χ4n) is 5.99. The van der Waals surface area contributed by atoms with Gasteiger partial charge in [-0.3, -0.25) is 0 Å². The van der Waals surface area contributed by atoms with Crippen LogP contribution in [-0.2, 0) is 0 Å². The lowest BCUT2D eigenvalue weighted by molar-refractivity contribution is 0.493. The molecule has 2 aromatic heterocycles. The minimum atomic E-state index is 0.602. The Bertz CT molecular complexity index is 2270. The predicted octanol–water partition coefficient (Wildman–Crippen LogP) is 9.70. The molecule has 0 amide bonds. The molecule has 196 valence electrons. The maximum Gasteiger partial charge on any atom is 0.164 e. The molecule has 0 unspecified atom stereocenters. The number of hydrogen-bond acceptors (Lipinski definition) is 5. The zero-order chi connectivity index (χ0) is 27.6. The second-order valence-electron chi connectivity index (χ2n) is 10.4. The summed E-state index contributed by atoms with van der Waals surface area (Å²) in [7, 11) is 0. The first-order valence-electron chi connectivity index (χ1n) is 13.9. The minimum Gasteiger partial charge on any atom is -0.456 e. The number of ether oxygens (including phenoxy) is 1. The Morgan fingerprint density at radius 2 is 1.07 bits per heavy atom. The second kappa shape index (κ2) is 8.85. The van der Waals surface area contributed by atoms with Gasteiger partial charge in [0, 0.05) is 27.5 Å². The molecular formula is C37H21N3O2. The van der Waals surface area contributed by atoms with E-state index in [1.807, 2.05) is 91.0 Å².